The maximum Gasteiger partial charge on any atom is 0.151 e. The smallest absolute Gasteiger partial charge is 0.151 e. The third-order valence-corrected chi connectivity index (χ3v) is 0.924. The second-order valence-corrected chi connectivity index (χ2v) is 2.11. The minimum Gasteiger partial charge on any atom is -0.392 e. The fraction of sp³-hybridized carbons (Fsp3) is 0.750. The summed E-state index contributed by atoms with van der Waals surface area (Å²) in [6, 6.07) is 0. The van der Waals surface area contributed by atoms with E-state index in [4.69, 9.17) is 20.4 Å². The fourth-order valence-electron chi connectivity index (χ4n) is 0.407. The predicted octanol–water partition coefficient (Wildman–Crippen LogP) is -0.376. The fourth-order valence-corrected chi connectivity index (χ4v) is 0.407. The Kier molecular flexibility index (Phi) is 15.5. The van der Waals surface area contributed by atoms with Crippen LogP contribution < -0.4 is 0 Å². The lowest BCUT2D eigenvalue weighted by molar-refractivity contribution is -0.0453. The molecule has 0 unspecified atom stereocenters. The van der Waals surface area contributed by atoms with E-state index in [0.717, 1.165) is 6.42 Å². The number of rotatable bonds is 4. The molecule has 4 nitrogen and oxygen atoms in total. The standard InChI is InChI=1S/C4H10O2.C4H8O2/c1-2-3-4(5)6;5-3-1-2-4-6/h4-6H,2-3H2,1H3;1-2,5-6H,3-4H2/b;2-1-. The molecule has 0 amide bonds. The van der Waals surface area contributed by atoms with Crippen LogP contribution >= 0.6 is 0 Å². The highest BCUT2D eigenvalue weighted by atomic mass is 16.5. The van der Waals surface area contributed by atoms with Gasteiger partial charge in [0.15, 0.2) is 6.29 Å². The zero-order valence-electron chi connectivity index (χ0n) is 7.35. The molecule has 0 aromatic heterocycles. The molecule has 0 atom stereocenters. The third-order valence-electron chi connectivity index (χ3n) is 0.924. The number of aliphatic hydroxyl groups excluding tert-OH is 3. The normalized spacial score (nSPS) is 10.2. The van der Waals surface area contributed by atoms with Crippen molar-refractivity contribution >= 4 is 0 Å². The van der Waals surface area contributed by atoms with Crippen molar-refractivity contribution in [2.24, 2.45) is 0 Å². The summed E-state index contributed by atoms with van der Waals surface area (Å²) in [7, 11) is 0. The second kappa shape index (κ2) is 13.2. The number of aliphatic hydroxyl groups is 4. The summed E-state index contributed by atoms with van der Waals surface area (Å²) >= 11 is 0. The van der Waals surface area contributed by atoms with Crippen LogP contribution in [0.1, 0.15) is 19.8 Å². The molecule has 0 aliphatic carbocycles. The summed E-state index contributed by atoms with van der Waals surface area (Å²) in [6.07, 6.45) is 3.19. The molecule has 12 heavy (non-hydrogen) atoms. The Morgan fingerprint density at radius 1 is 1.08 bits per heavy atom. The molecule has 0 heterocycles. The van der Waals surface area contributed by atoms with Crippen LogP contribution in [-0.4, -0.2) is 39.9 Å². The molecule has 74 valence electrons. The van der Waals surface area contributed by atoms with E-state index in [2.05, 4.69) is 0 Å². The van der Waals surface area contributed by atoms with Crippen LogP contribution in [0.3, 0.4) is 0 Å². The van der Waals surface area contributed by atoms with Gasteiger partial charge in [-0.15, -0.1) is 0 Å². The summed E-state index contributed by atoms with van der Waals surface area (Å²) in [5.41, 5.74) is 0. The molecule has 0 rings (SSSR count). The zero-order chi connectivity index (χ0) is 9.82. The van der Waals surface area contributed by atoms with Crippen molar-refractivity contribution in [2.75, 3.05) is 13.2 Å². The quantitative estimate of drug-likeness (QED) is 0.349. The molecule has 0 saturated carbocycles. The number of hydrogen-bond donors (Lipinski definition) is 4. The predicted molar refractivity (Wildman–Crippen MR) is 46.4 cm³/mol. The van der Waals surface area contributed by atoms with Gasteiger partial charge in [-0.3, -0.25) is 0 Å². The summed E-state index contributed by atoms with van der Waals surface area (Å²) in [5.74, 6) is 0. The largest absolute Gasteiger partial charge is 0.392 e. The van der Waals surface area contributed by atoms with Crippen LogP contribution in [0.5, 0.6) is 0 Å². The Morgan fingerprint density at radius 3 is 1.58 bits per heavy atom. The molecule has 0 spiro atoms. The molecular weight excluding hydrogens is 160 g/mol. The van der Waals surface area contributed by atoms with Crippen LogP contribution in [0.25, 0.3) is 0 Å². The summed E-state index contributed by atoms with van der Waals surface area (Å²) in [5, 5.41) is 32.2. The molecule has 0 aliphatic rings. The van der Waals surface area contributed by atoms with Crippen molar-refractivity contribution in [3.8, 4) is 0 Å². The molecule has 0 saturated heterocycles. The van der Waals surface area contributed by atoms with Crippen molar-refractivity contribution in [3.05, 3.63) is 12.2 Å². The minimum absolute atomic E-state index is 0.0144. The molecule has 4 heteroatoms. The van der Waals surface area contributed by atoms with Crippen molar-refractivity contribution in [1.29, 1.82) is 0 Å². The van der Waals surface area contributed by atoms with E-state index in [1.165, 1.54) is 12.2 Å². The molecule has 0 bridgehead atoms. The average molecular weight is 178 g/mol. The van der Waals surface area contributed by atoms with Gasteiger partial charge >= 0.3 is 0 Å². The van der Waals surface area contributed by atoms with Gasteiger partial charge in [-0.2, -0.15) is 0 Å². The average Bonchev–Trinajstić information content (AvgIpc) is 2.02. The highest BCUT2D eigenvalue weighted by Gasteiger charge is 1.89. The lowest BCUT2D eigenvalue weighted by atomic mass is 10.3. The highest BCUT2D eigenvalue weighted by Crippen LogP contribution is 1.88. The molecule has 4 N–H and O–H groups in total. The molecule has 0 radical (unpaired) electrons. The van der Waals surface area contributed by atoms with E-state index in [1.54, 1.807) is 0 Å². The van der Waals surface area contributed by atoms with E-state index in [1.807, 2.05) is 6.92 Å². The first-order valence-electron chi connectivity index (χ1n) is 3.91. The Bertz CT molecular complexity index is 85.1. The summed E-state index contributed by atoms with van der Waals surface area (Å²) < 4.78 is 0. The Hall–Kier alpha value is -0.420. The molecular formula is C8H18O4. The van der Waals surface area contributed by atoms with Crippen LogP contribution in [0, 0.1) is 0 Å². The molecule has 0 aromatic carbocycles. The van der Waals surface area contributed by atoms with Crippen LogP contribution in [0.15, 0.2) is 12.2 Å². The lowest BCUT2D eigenvalue weighted by Crippen LogP contribution is -2.01. The van der Waals surface area contributed by atoms with E-state index in [9.17, 15) is 0 Å². The van der Waals surface area contributed by atoms with Gasteiger partial charge in [0, 0.05) is 0 Å². The van der Waals surface area contributed by atoms with Crippen LogP contribution in [-0.2, 0) is 0 Å². The molecule has 0 aliphatic heterocycles. The maximum atomic E-state index is 8.11. The van der Waals surface area contributed by atoms with Gasteiger partial charge < -0.3 is 20.4 Å². The summed E-state index contributed by atoms with van der Waals surface area (Å²) in [6.45, 7) is 1.93. The first kappa shape index (κ1) is 14.1. The topological polar surface area (TPSA) is 80.9 Å². The maximum absolute atomic E-state index is 8.11. The highest BCUT2D eigenvalue weighted by molar-refractivity contribution is 4.78. The van der Waals surface area contributed by atoms with Gasteiger partial charge in [-0.1, -0.05) is 25.5 Å². The van der Waals surface area contributed by atoms with Gasteiger partial charge in [0.2, 0.25) is 0 Å². The Balaban J connectivity index is 0. The lowest BCUT2D eigenvalue weighted by Gasteiger charge is -1.94. The molecule has 0 fully saturated rings. The SMILES string of the molecule is CCCC(O)O.OC/C=C\CO. The number of hydrogen-bond acceptors (Lipinski definition) is 4. The molecule has 0 aromatic rings. The van der Waals surface area contributed by atoms with Crippen molar-refractivity contribution in [2.45, 2.75) is 26.1 Å². The van der Waals surface area contributed by atoms with Gasteiger partial charge in [-0.25, -0.2) is 0 Å². The van der Waals surface area contributed by atoms with E-state index >= 15 is 0 Å². The Morgan fingerprint density at radius 2 is 1.50 bits per heavy atom. The van der Waals surface area contributed by atoms with Crippen LogP contribution in [0.4, 0.5) is 0 Å². The van der Waals surface area contributed by atoms with Gasteiger partial charge in [0.25, 0.3) is 0 Å². The Labute approximate surface area is 72.8 Å². The first-order valence-corrected chi connectivity index (χ1v) is 3.91. The van der Waals surface area contributed by atoms with E-state index in [-0.39, 0.29) is 13.2 Å². The van der Waals surface area contributed by atoms with Gasteiger partial charge in [-0.05, 0) is 6.42 Å². The zero-order valence-corrected chi connectivity index (χ0v) is 7.35. The van der Waals surface area contributed by atoms with Crippen LogP contribution in [0.2, 0.25) is 0 Å². The van der Waals surface area contributed by atoms with E-state index in [0.29, 0.717) is 6.42 Å². The van der Waals surface area contributed by atoms with E-state index < -0.39 is 6.29 Å². The van der Waals surface area contributed by atoms with Crippen molar-refractivity contribution in [3.63, 3.8) is 0 Å². The van der Waals surface area contributed by atoms with Gasteiger partial charge in [0.1, 0.15) is 0 Å². The van der Waals surface area contributed by atoms with Crippen molar-refractivity contribution in [1.82, 2.24) is 0 Å². The second-order valence-electron chi connectivity index (χ2n) is 2.11. The third kappa shape index (κ3) is 22.7. The van der Waals surface area contributed by atoms with Crippen molar-refractivity contribution < 1.29 is 20.4 Å². The first-order chi connectivity index (χ1) is 5.68. The summed E-state index contributed by atoms with van der Waals surface area (Å²) in [4.78, 5) is 0. The minimum atomic E-state index is -1.10. The van der Waals surface area contributed by atoms with Gasteiger partial charge in [0.05, 0.1) is 13.2 Å². The monoisotopic (exact) mass is 178 g/mol.